The first-order valence-electron chi connectivity index (χ1n) is 12.6. The Balaban J connectivity index is 0.000000570. The summed E-state index contributed by atoms with van der Waals surface area (Å²) in [5.74, 6) is 0. The van der Waals surface area contributed by atoms with E-state index in [4.69, 9.17) is 33.2 Å². The highest BCUT2D eigenvalue weighted by Gasteiger charge is 2.46. The van der Waals surface area contributed by atoms with Crippen LogP contribution < -0.4 is 10.4 Å². The lowest BCUT2D eigenvalue weighted by molar-refractivity contribution is 0.735. The van der Waals surface area contributed by atoms with E-state index in [1.807, 2.05) is 12.1 Å². The summed E-state index contributed by atoms with van der Waals surface area (Å²) in [6, 6.07) is 24.7. The van der Waals surface area contributed by atoms with Crippen LogP contribution in [0.2, 0.25) is 41.3 Å². The Morgan fingerprint density at radius 3 is 0.971 bits per heavy atom. The van der Waals surface area contributed by atoms with Crippen LogP contribution in [0.3, 0.4) is 0 Å². The van der Waals surface area contributed by atoms with Gasteiger partial charge in [-0.2, -0.15) is 33.2 Å². The third kappa shape index (κ3) is 10.1. The SMILES string of the molecule is CC(C)(C)[Si](C)(C)Cl.CC(C)(C)[Si](Cl)(c1ccccc1)c1ccccc1.CC[Si](Cl)(CC)CC. The molecule has 34 heavy (non-hydrogen) atoms. The lowest BCUT2D eigenvalue weighted by Crippen LogP contribution is -2.59. The van der Waals surface area contributed by atoms with Gasteiger partial charge in [0.15, 0.2) is 14.8 Å². The van der Waals surface area contributed by atoms with Crippen LogP contribution in [0.25, 0.3) is 0 Å². The van der Waals surface area contributed by atoms with Gasteiger partial charge in [-0.1, -0.05) is 136 Å². The van der Waals surface area contributed by atoms with E-state index in [2.05, 4.69) is 124 Å². The van der Waals surface area contributed by atoms with Crippen LogP contribution in [0.1, 0.15) is 62.3 Å². The van der Waals surface area contributed by atoms with Crippen LogP contribution in [-0.2, 0) is 0 Å². The van der Waals surface area contributed by atoms with Crippen molar-refractivity contribution in [3.05, 3.63) is 60.7 Å². The monoisotopic (exact) mass is 574 g/mol. The maximum absolute atomic E-state index is 7.21. The van der Waals surface area contributed by atoms with Crippen molar-refractivity contribution in [3.8, 4) is 0 Å². The number of benzene rings is 2. The number of rotatable bonds is 5. The van der Waals surface area contributed by atoms with Crippen molar-refractivity contribution in [1.82, 2.24) is 0 Å². The second-order valence-electron chi connectivity index (χ2n) is 11.6. The van der Waals surface area contributed by atoms with Crippen molar-refractivity contribution >= 4 is 65.8 Å². The highest BCUT2D eigenvalue weighted by atomic mass is 35.6. The Morgan fingerprint density at radius 2 is 0.824 bits per heavy atom. The maximum atomic E-state index is 7.21. The molecule has 2 aromatic rings. The fraction of sp³-hybridized carbons (Fsp3) is 0.571. The Hall–Kier alpha value is -0.0394. The van der Waals surface area contributed by atoms with E-state index < -0.39 is 22.2 Å². The molecule has 0 bridgehead atoms. The Kier molecular flexibility index (Phi) is 14.0. The van der Waals surface area contributed by atoms with Crippen molar-refractivity contribution < 1.29 is 0 Å². The smallest absolute Gasteiger partial charge is 0.167 e. The van der Waals surface area contributed by atoms with Crippen molar-refractivity contribution in [1.29, 1.82) is 0 Å². The third-order valence-corrected chi connectivity index (χ3v) is 25.9. The lowest BCUT2D eigenvalue weighted by Gasteiger charge is -2.38. The van der Waals surface area contributed by atoms with Gasteiger partial charge in [-0.05, 0) is 38.6 Å². The second kappa shape index (κ2) is 14.0. The molecular weight excluding hydrogens is 527 g/mol. The summed E-state index contributed by atoms with van der Waals surface area (Å²) in [6.45, 7) is 24.3. The van der Waals surface area contributed by atoms with Crippen molar-refractivity contribution in [2.24, 2.45) is 0 Å². The minimum absolute atomic E-state index is 0.0667. The van der Waals surface area contributed by atoms with Gasteiger partial charge in [0.25, 0.3) is 0 Å². The molecule has 194 valence electrons. The van der Waals surface area contributed by atoms with Crippen LogP contribution in [-0.4, -0.2) is 22.2 Å². The molecule has 0 aliphatic rings. The summed E-state index contributed by atoms with van der Waals surface area (Å²) in [5.41, 5.74) is 0. The molecule has 0 radical (unpaired) electrons. The van der Waals surface area contributed by atoms with Crippen LogP contribution in [0, 0.1) is 0 Å². The van der Waals surface area contributed by atoms with E-state index in [9.17, 15) is 0 Å². The standard InChI is InChI=1S/C16H19ClSi.2C6H15ClSi/c1-16(2,3)18(17,14-10-6-4-7-11-14)15-12-8-5-9-13-15;1-6(2,3)8(4,5)7;1-4-8(7,5-2)6-3/h4-13H,1-3H3;1-5H3;4-6H2,1-3H3. The first-order valence-corrected chi connectivity index (χ1v) is 23.2. The molecule has 0 unspecified atom stereocenters. The van der Waals surface area contributed by atoms with Crippen LogP contribution in [0.4, 0.5) is 0 Å². The predicted molar refractivity (Wildman–Crippen MR) is 170 cm³/mol. The normalized spacial score (nSPS) is 12.8. The van der Waals surface area contributed by atoms with Gasteiger partial charge in [-0.15, -0.1) is 0 Å². The van der Waals surface area contributed by atoms with E-state index >= 15 is 0 Å². The lowest BCUT2D eigenvalue weighted by atomic mass is 10.2. The van der Waals surface area contributed by atoms with Gasteiger partial charge in [0.1, 0.15) is 0 Å². The van der Waals surface area contributed by atoms with Gasteiger partial charge < -0.3 is 0 Å². The molecule has 0 amide bonds. The molecule has 0 nitrogen and oxygen atoms in total. The summed E-state index contributed by atoms with van der Waals surface area (Å²) in [5, 5.41) is 2.97. The van der Waals surface area contributed by atoms with Gasteiger partial charge in [0, 0.05) is 0 Å². The summed E-state index contributed by atoms with van der Waals surface area (Å²) >= 11 is 19.6. The summed E-state index contributed by atoms with van der Waals surface area (Å²) in [7, 11) is -4.82. The molecular formula is C28H49Cl3Si3. The number of hydrogen-bond acceptors (Lipinski definition) is 0. The fourth-order valence-electron chi connectivity index (χ4n) is 3.12. The molecule has 0 fully saturated rings. The zero-order chi connectivity index (χ0) is 26.8. The van der Waals surface area contributed by atoms with E-state index in [0.717, 1.165) is 0 Å². The molecule has 0 N–H and O–H groups in total. The van der Waals surface area contributed by atoms with Gasteiger partial charge in [-0.3, -0.25) is 0 Å². The summed E-state index contributed by atoms with van der Waals surface area (Å²) in [4.78, 5) is 0. The highest BCUT2D eigenvalue weighted by molar-refractivity contribution is 7.35. The Bertz CT molecular complexity index is 741. The average Bonchev–Trinajstić information content (AvgIpc) is 2.78. The first-order chi connectivity index (χ1) is 15.4. The van der Waals surface area contributed by atoms with Crippen LogP contribution >= 0.6 is 33.2 Å². The molecule has 0 aliphatic carbocycles. The van der Waals surface area contributed by atoms with E-state index in [-0.39, 0.29) is 5.04 Å². The minimum atomic E-state index is -2.23. The summed E-state index contributed by atoms with van der Waals surface area (Å²) in [6.07, 6.45) is 0. The summed E-state index contributed by atoms with van der Waals surface area (Å²) < 4.78 is 0. The van der Waals surface area contributed by atoms with E-state index in [1.54, 1.807) is 0 Å². The number of hydrogen-bond donors (Lipinski definition) is 0. The molecule has 0 atom stereocenters. The molecule has 2 aromatic carbocycles. The average molecular weight is 576 g/mol. The molecule has 0 aliphatic heterocycles. The van der Waals surface area contributed by atoms with Gasteiger partial charge in [-0.25, -0.2) is 0 Å². The zero-order valence-corrected chi connectivity index (χ0v) is 28.8. The van der Waals surface area contributed by atoms with Crippen molar-refractivity contribution in [3.63, 3.8) is 0 Å². The van der Waals surface area contributed by atoms with Gasteiger partial charge in [0.05, 0.1) is 0 Å². The van der Waals surface area contributed by atoms with Crippen molar-refractivity contribution in [2.75, 3.05) is 0 Å². The van der Waals surface area contributed by atoms with Crippen LogP contribution in [0.15, 0.2) is 60.7 Å². The quantitative estimate of drug-likeness (QED) is 0.246. The first kappa shape index (κ1) is 34.0. The topological polar surface area (TPSA) is 0 Å². The van der Waals surface area contributed by atoms with E-state index in [0.29, 0.717) is 5.04 Å². The predicted octanol–water partition coefficient (Wildman–Crippen LogP) is 10.2. The number of halogens is 3. The van der Waals surface area contributed by atoms with Gasteiger partial charge in [0.2, 0.25) is 7.38 Å². The molecule has 2 rings (SSSR count). The zero-order valence-electron chi connectivity index (χ0n) is 23.5. The fourth-order valence-corrected chi connectivity index (χ4v) is 8.74. The molecule has 0 saturated carbocycles. The molecule has 0 saturated heterocycles. The minimum Gasteiger partial charge on any atom is -0.167 e. The molecule has 6 heteroatoms. The third-order valence-electron chi connectivity index (χ3n) is 7.06. The van der Waals surface area contributed by atoms with Crippen LogP contribution in [0.5, 0.6) is 0 Å². The largest absolute Gasteiger partial charge is 0.222 e. The second-order valence-corrected chi connectivity index (χ2v) is 31.4. The Morgan fingerprint density at radius 1 is 0.559 bits per heavy atom. The maximum Gasteiger partial charge on any atom is 0.222 e. The molecule has 0 heterocycles. The highest BCUT2D eigenvalue weighted by Crippen LogP contribution is 2.39. The van der Waals surface area contributed by atoms with Gasteiger partial charge >= 0.3 is 0 Å². The Labute approximate surface area is 229 Å². The molecule has 0 aromatic heterocycles. The van der Waals surface area contributed by atoms with E-state index in [1.165, 1.54) is 28.5 Å². The molecule has 0 spiro atoms. The van der Waals surface area contributed by atoms with Crippen molar-refractivity contribution in [2.45, 2.75) is 104 Å².